The molecule has 1 aliphatic rings. The fraction of sp³-hybridized carbons (Fsp3) is 0.100. The number of hydrogen-bond acceptors (Lipinski definition) is 5. The number of benzene rings is 1. The van der Waals surface area contributed by atoms with Crippen LogP contribution in [0.1, 0.15) is 16.8 Å². The molecule has 1 aromatic carbocycles. The van der Waals surface area contributed by atoms with Crippen LogP contribution in [-0.4, -0.2) is 20.2 Å². The number of rotatable bonds is 2. The predicted molar refractivity (Wildman–Crippen MR) is 111 cm³/mol. The first-order valence-corrected chi connectivity index (χ1v) is 9.64. The Morgan fingerprint density at radius 1 is 1.14 bits per heavy atom. The van der Waals surface area contributed by atoms with E-state index in [0.717, 1.165) is 23.9 Å². The number of fused-ring (bicyclic) bond motifs is 1. The number of hydrogen-bond donors (Lipinski definition) is 1. The highest BCUT2D eigenvalue weighted by Crippen LogP contribution is 2.33. The zero-order chi connectivity index (χ0) is 20.8. The van der Waals surface area contributed by atoms with E-state index in [4.69, 9.17) is 12.2 Å². The van der Waals surface area contributed by atoms with Gasteiger partial charge in [-0.15, -0.1) is 0 Å². The summed E-state index contributed by atoms with van der Waals surface area (Å²) < 4.78 is 39.2. The van der Waals surface area contributed by atoms with Crippen LogP contribution in [0.5, 0.6) is 0 Å². The van der Waals surface area contributed by atoms with Crippen molar-refractivity contribution in [2.24, 2.45) is 0 Å². The summed E-state index contributed by atoms with van der Waals surface area (Å²) in [6, 6.07) is 10.4. The molecule has 4 rings (SSSR count). The van der Waals surface area contributed by atoms with Crippen LogP contribution in [-0.2, 0) is 11.0 Å². The number of aromatic nitrogens is 2. The van der Waals surface area contributed by atoms with Crippen LogP contribution < -0.4 is 5.32 Å². The number of nitrogens with one attached hydrogen (secondary N) is 1. The van der Waals surface area contributed by atoms with Crippen LogP contribution >= 0.6 is 24.0 Å². The van der Waals surface area contributed by atoms with Gasteiger partial charge in [-0.3, -0.25) is 4.79 Å². The molecule has 4 nitrogen and oxygen atoms in total. The first-order valence-electron chi connectivity index (χ1n) is 8.41. The molecular weight excluding hydrogens is 419 g/mol. The summed E-state index contributed by atoms with van der Waals surface area (Å²) in [6.45, 7) is 1.77. The van der Waals surface area contributed by atoms with Gasteiger partial charge in [0.05, 0.1) is 33.1 Å². The maximum atomic E-state index is 12.9. The van der Waals surface area contributed by atoms with Crippen LogP contribution in [0.3, 0.4) is 0 Å². The Balaban J connectivity index is 1.75. The number of aryl methyl sites for hydroxylation is 1. The maximum absolute atomic E-state index is 12.9. The first-order chi connectivity index (χ1) is 13.7. The van der Waals surface area contributed by atoms with Crippen molar-refractivity contribution in [2.45, 2.75) is 13.1 Å². The number of thiocarbonyl (C=S) groups is 1. The molecule has 0 unspecified atom stereocenters. The number of nitrogens with zero attached hydrogens (tertiary/aromatic N) is 2. The Hall–Kier alpha value is -2.78. The first kappa shape index (κ1) is 19.5. The molecule has 29 heavy (non-hydrogen) atoms. The molecule has 0 bridgehead atoms. The van der Waals surface area contributed by atoms with Crippen molar-refractivity contribution >= 4 is 51.2 Å². The summed E-state index contributed by atoms with van der Waals surface area (Å²) in [6.07, 6.45) is -2.77. The minimum atomic E-state index is -4.41. The van der Waals surface area contributed by atoms with E-state index >= 15 is 0 Å². The molecule has 0 atom stereocenters. The minimum absolute atomic E-state index is 0.271. The summed E-state index contributed by atoms with van der Waals surface area (Å²) in [7, 11) is 0. The Labute approximate surface area is 173 Å². The average Bonchev–Trinajstić information content (AvgIpc) is 2.97. The van der Waals surface area contributed by atoms with E-state index in [1.165, 1.54) is 6.07 Å². The monoisotopic (exact) mass is 431 g/mol. The normalized spacial score (nSPS) is 15.9. The van der Waals surface area contributed by atoms with E-state index in [0.29, 0.717) is 42.8 Å². The molecule has 1 N–H and O–H groups in total. The number of carbonyl (C=O) groups is 1. The molecule has 0 saturated carbocycles. The van der Waals surface area contributed by atoms with Crippen LogP contribution in [0.15, 0.2) is 47.4 Å². The molecule has 0 aliphatic carbocycles. The quantitative estimate of drug-likeness (QED) is 0.451. The molecule has 1 aliphatic heterocycles. The van der Waals surface area contributed by atoms with Crippen molar-refractivity contribution in [3.8, 4) is 11.4 Å². The van der Waals surface area contributed by atoms with Crippen molar-refractivity contribution in [1.82, 2.24) is 15.3 Å². The number of halogens is 3. The Kier molecular flexibility index (Phi) is 4.87. The zero-order valence-corrected chi connectivity index (χ0v) is 16.5. The van der Waals surface area contributed by atoms with Gasteiger partial charge in [0.1, 0.15) is 4.32 Å². The molecule has 0 radical (unpaired) electrons. The number of carbonyl (C=O) groups excluding carboxylic acids is 1. The van der Waals surface area contributed by atoms with Crippen LogP contribution in [0, 0.1) is 6.92 Å². The van der Waals surface area contributed by atoms with Gasteiger partial charge in [0.2, 0.25) is 0 Å². The molecule has 3 heterocycles. The van der Waals surface area contributed by atoms with Gasteiger partial charge in [-0.2, -0.15) is 13.2 Å². The summed E-state index contributed by atoms with van der Waals surface area (Å²) in [5, 5.41) is 2.95. The van der Waals surface area contributed by atoms with Gasteiger partial charge < -0.3 is 5.32 Å². The van der Waals surface area contributed by atoms with E-state index in [2.05, 4.69) is 15.3 Å². The molecule has 0 spiro atoms. The Bertz CT molecular complexity index is 1210. The van der Waals surface area contributed by atoms with E-state index in [1.54, 1.807) is 37.3 Å². The summed E-state index contributed by atoms with van der Waals surface area (Å²) >= 11 is 6.14. The lowest BCUT2D eigenvalue weighted by Gasteiger charge is -2.10. The molecule has 146 valence electrons. The van der Waals surface area contributed by atoms with E-state index in [-0.39, 0.29) is 5.91 Å². The predicted octanol–water partition coefficient (Wildman–Crippen LogP) is 5.11. The van der Waals surface area contributed by atoms with Crippen LogP contribution in [0.25, 0.3) is 28.4 Å². The summed E-state index contributed by atoms with van der Waals surface area (Å²) in [4.78, 5) is 21.3. The van der Waals surface area contributed by atoms with Gasteiger partial charge in [0, 0.05) is 5.39 Å². The molecule has 1 fully saturated rings. The fourth-order valence-corrected chi connectivity index (χ4v) is 3.97. The SMILES string of the molecule is Cc1cc2cc(C(F)(F)F)ccc2nc1-c1cccc(/C=C2\SC(=S)NC2=O)n1. The minimum Gasteiger partial charge on any atom is -0.307 e. The zero-order valence-electron chi connectivity index (χ0n) is 14.9. The fourth-order valence-electron chi connectivity index (χ4n) is 2.94. The van der Waals surface area contributed by atoms with E-state index in [1.807, 2.05) is 0 Å². The number of thioether (sulfide) groups is 1. The van der Waals surface area contributed by atoms with Crippen molar-refractivity contribution in [1.29, 1.82) is 0 Å². The second kappa shape index (κ2) is 7.23. The van der Waals surface area contributed by atoms with E-state index in [9.17, 15) is 18.0 Å². The highest BCUT2D eigenvalue weighted by atomic mass is 32.2. The molecule has 3 aromatic rings. The second-order valence-electron chi connectivity index (χ2n) is 6.36. The smallest absolute Gasteiger partial charge is 0.307 e. The highest BCUT2D eigenvalue weighted by Gasteiger charge is 2.30. The number of amides is 1. The Morgan fingerprint density at radius 3 is 2.62 bits per heavy atom. The van der Waals surface area contributed by atoms with Crippen LogP contribution in [0.2, 0.25) is 0 Å². The van der Waals surface area contributed by atoms with Gasteiger partial charge in [0.15, 0.2) is 0 Å². The van der Waals surface area contributed by atoms with Gasteiger partial charge in [-0.1, -0.05) is 30.0 Å². The topological polar surface area (TPSA) is 54.9 Å². The number of pyridine rings is 2. The van der Waals surface area contributed by atoms with Gasteiger partial charge in [-0.05, 0) is 55.0 Å². The molecular formula is C20H12F3N3OS2. The van der Waals surface area contributed by atoms with E-state index < -0.39 is 11.7 Å². The second-order valence-corrected chi connectivity index (χ2v) is 8.08. The lowest BCUT2D eigenvalue weighted by molar-refractivity contribution is -0.137. The third-order valence-electron chi connectivity index (χ3n) is 4.27. The Morgan fingerprint density at radius 2 is 1.93 bits per heavy atom. The molecule has 9 heteroatoms. The maximum Gasteiger partial charge on any atom is 0.416 e. The van der Waals surface area contributed by atoms with Crippen molar-refractivity contribution in [2.75, 3.05) is 0 Å². The molecule has 2 aromatic heterocycles. The van der Waals surface area contributed by atoms with Gasteiger partial charge >= 0.3 is 6.18 Å². The van der Waals surface area contributed by atoms with Gasteiger partial charge in [-0.25, -0.2) is 9.97 Å². The molecule has 1 saturated heterocycles. The standard InChI is InChI=1S/C20H12F3N3OS2/c1-10-7-11-8-12(20(21,22)23)5-6-14(11)25-17(10)15-4-2-3-13(24-15)9-16-18(27)26-19(28)29-16/h2-9H,1H3,(H,26,27,28)/b16-9-. The van der Waals surface area contributed by atoms with Crippen molar-refractivity contribution in [3.63, 3.8) is 0 Å². The largest absolute Gasteiger partial charge is 0.416 e. The summed E-state index contributed by atoms with van der Waals surface area (Å²) in [5.74, 6) is -0.271. The lowest BCUT2D eigenvalue weighted by atomic mass is 10.1. The van der Waals surface area contributed by atoms with Gasteiger partial charge in [0.25, 0.3) is 5.91 Å². The number of alkyl halides is 3. The lowest BCUT2D eigenvalue weighted by Crippen LogP contribution is -2.17. The van der Waals surface area contributed by atoms with Crippen LogP contribution in [0.4, 0.5) is 13.2 Å². The third-order valence-corrected chi connectivity index (χ3v) is 5.43. The average molecular weight is 431 g/mol. The highest BCUT2D eigenvalue weighted by molar-refractivity contribution is 8.26. The summed E-state index contributed by atoms with van der Waals surface area (Å²) in [5.41, 5.74) is 2.11. The molecule has 1 amide bonds. The third kappa shape index (κ3) is 4.01. The van der Waals surface area contributed by atoms with Crippen molar-refractivity contribution < 1.29 is 18.0 Å². The van der Waals surface area contributed by atoms with Crippen molar-refractivity contribution in [3.05, 3.63) is 64.2 Å².